The van der Waals surface area contributed by atoms with Crippen molar-refractivity contribution in [1.29, 1.82) is 0 Å². The lowest BCUT2D eigenvalue weighted by molar-refractivity contribution is -0.185. The van der Waals surface area contributed by atoms with Gasteiger partial charge in [0.1, 0.15) is 5.82 Å². The largest absolute Gasteiger partial charge is 0.347 e. The average Bonchev–Trinajstić information content (AvgIpc) is 2.90. The first-order valence-electron chi connectivity index (χ1n) is 5.87. The molecular weight excluding hydrogens is 235 g/mol. The van der Waals surface area contributed by atoms with Gasteiger partial charge >= 0.3 is 0 Å². The van der Waals surface area contributed by atoms with Crippen molar-refractivity contribution < 1.29 is 13.9 Å². The molecule has 2 aromatic rings. The molecule has 0 amide bonds. The number of benzene rings is 1. The Morgan fingerprint density at radius 1 is 1.17 bits per heavy atom. The van der Waals surface area contributed by atoms with E-state index in [1.54, 1.807) is 12.1 Å². The number of hydrogen-bond donors (Lipinski definition) is 1. The monoisotopic (exact) mass is 248 g/mol. The number of ether oxygens (including phenoxy) is 2. The van der Waals surface area contributed by atoms with Gasteiger partial charge in [0.25, 0.3) is 0 Å². The van der Waals surface area contributed by atoms with Crippen LogP contribution < -0.4 is 0 Å². The summed E-state index contributed by atoms with van der Waals surface area (Å²) in [4.78, 5) is 0. The van der Waals surface area contributed by atoms with E-state index in [9.17, 15) is 4.39 Å². The van der Waals surface area contributed by atoms with Crippen LogP contribution in [-0.4, -0.2) is 23.4 Å². The number of H-pyrrole nitrogens is 1. The summed E-state index contributed by atoms with van der Waals surface area (Å²) in [6.07, 6.45) is 0.538. The molecule has 0 radical (unpaired) electrons. The molecule has 18 heavy (non-hydrogen) atoms. The van der Waals surface area contributed by atoms with Gasteiger partial charge in [0.15, 0.2) is 0 Å². The Balaban J connectivity index is 1.82. The fourth-order valence-electron chi connectivity index (χ4n) is 1.89. The zero-order valence-electron chi connectivity index (χ0n) is 9.73. The summed E-state index contributed by atoms with van der Waals surface area (Å²) >= 11 is 0. The summed E-state index contributed by atoms with van der Waals surface area (Å²) < 4.78 is 23.8. The third kappa shape index (κ3) is 2.27. The molecule has 3 rings (SSSR count). The highest BCUT2D eigenvalue weighted by Gasteiger charge is 2.19. The second-order valence-electron chi connectivity index (χ2n) is 4.14. The average molecular weight is 248 g/mol. The fraction of sp³-hybridized carbons (Fsp3) is 0.308. The van der Waals surface area contributed by atoms with Crippen LogP contribution in [0.1, 0.15) is 18.4 Å². The maximum absolute atomic E-state index is 12.8. The standard InChI is InChI=1S/C13H13FN2O2/c14-10-4-2-9(3-5-10)11-8-12(16-15-11)13-17-6-1-7-18-13/h2-5,8,13H,1,6-7H2,(H,15,16). The Morgan fingerprint density at radius 2 is 1.89 bits per heavy atom. The number of halogens is 1. The van der Waals surface area contributed by atoms with E-state index in [1.165, 1.54) is 12.1 Å². The molecule has 0 bridgehead atoms. The molecule has 5 heteroatoms. The lowest BCUT2D eigenvalue weighted by Crippen LogP contribution is -2.17. The molecule has 0 saturated carbocycles. The molecule has 0 atom stereocenters. The predicted octanol–water partition coefficient (Wildman–Crippen LogP) is 2.65. The van der Waals surface area contributed by atoms with E-state index >= 15 is 0 Å². The molecule has 0 unspecified atom stereocenters. The highest BCUT2D eigenvalue weighted by atomic mass is 19.1. The van der Waals surface area contributed by atoms with Crippen LogP contribution in [0.15, 0.2) is 30.3 Å². The Bertz CT molecular complexity index is 518. The van der Waals surface area contributed by atoms with Gasteiger partial charge in [-0.1, -0.05) is 0 Å². The van der Waals surface area contributed by atoms with Crippen LogP contribution in [0.2, 0.25) is 0 Å². The number of aromatic nitrogens is 2. The molecule has 0 spiro atoms. The van der Waals surface area contributed by atoms with Crippen molar-refractivity contribution in [3.8, 4) is 11.3 Å². The van der Waals surface area contributed by atoms with E-state index < -0.39 is 0 Å². The van der Waals surface area contributed by atoms with Crippen LogP contribution in [0.25, 0.3) is 11.3 Å². The van der Waals surface area contributed by atoms with Crippen LogP contribution in [-0.2, 0) is 9.47 Å². The minimum atomic E-state index is -0.375. The van der Waals surface area contributed by atoms with Crippen molar-refractivity contribution in [3.63, 3.8) is 0 Å². The topological polar surface area (TPSA) is 47.1 Å². The second-order valence-corrected chi connectivity index (χ2v) is 4.14. The molecule has 1 aromatic carbocycles. The maximum atomic E-state index is 12.8. The predicted molar refractivity (Wildman–Crippen MR) is 63.2 cm³/mol. The molecule has 1 N–H and O–H groups in total. The molecule has 1 aliphatic heterocycles. The number of rotatable bonds is 2. The van der Waals surface area contributed by atoms with Crippen LogP contribution in [0.3, 0.4) is 0 Å². The van der Waals surface area contributed by atoms with E-state index in [-0.39, 0.29) is 12.1 Å². The first-order valence-corrected chi connectivity index (χ1v) is 5.87. The summed E-state index contributed by atoms with van der Waals surface area (Å²) in [5, 5.41) is 7.08. The second kappa shape index (κ2) is 4.88. The van der Waals surface area contributed by atoms with E-state index in [0.717, 1.165) is 23.4 Å². The van der Waals surface area contributed by atoms with Crippen LogP contribution in [0.5, 0.6) is 0 Å². The summed E-state index contributed by atoms with van der Waals surface area (Å²) in [7, 11) is 0. The number of nitrogens with one attached hydrogen (secondary N) is 1. The van der Waals surface area contributed by atoms with Crippen molar-refractivity contribution in [2.24, 2.45) is 0 Å². The highest BCUT2D eigenvalue weighted by molar-refractivity contribution is 5.59. The fourth-order valence-corrected chi connectivity index (χ4v) is 1.89. The minimum absolute atomic E-state index is 0.256. The van der Waals surface area contributed by atoms with Gasteiger partial charge < -0.3 is 9.47 Å². The van der Waals surface area contributed by atoms with Crippen molar-refractivity contribution in [3.05, 3.63) is 41.8 Å². The van der Waals surface area contributed by atoms with E-state index in [2.05, 4.69) is 10.2 Å². The Morgan fingerprint density at radius 3 is 2.61 bits per heavy atom. The minimum Gasteiger partial charge on any atom is -0.347 e. The van der Waals surface area contributed by atoms with Crippen molar-refractivity contribution in [2.45, 2.75) is 12.7 Å². The number of aromatic amines is 1. The summed E-state index contributed by atoms with van der Waals surface area (Å²) in [6.45, 7) is 1.38. The first-order chi connectivity index (χ1) is 8.83. The van der Waals surface area contributed by atoms with Gasteiger partial charge in [-0.05, 0) is 36.8 Å². The zero-order valence-corrected chi connectivity index (χ0v) is 9.73. The van der Waals surface area contributed by atoms with Crippen LogP contribution >= 0.6 is 0 Å². The molecule has 4 nitrogen and oxygen atoms in total. The Labute approximate surface area is 104 Å². The smallest absolute Gasteiger partial charge is 0.200 e. The van der Waals surface area contributed by atoms with Crippen molar-refractivity contribution in [1.82, 2.24) is 10.2 Å². The van der Waals surface area contributed by atoms with Gasteiger partial charge in [0.05, 0.1) is 24.6 Å². The molecule has 1 saturated heterocycles. The lowest BCUT2D eigenvalue weighted by Gasteiger charge is -2.21. The number of hydrogen-bond acceptors (Lipinski definition) is 3. The first kappa shape index (κ1) is 11.4. The number of nitrogens with zero attached hydrogens (tertiary/aromatic N) is 1. The van der Waals surface area contributed by atoms with Gasteiger partial charge in [-0.3, -0.25) is 5.10 Å². The Kier molecular flexibility index (Phi) is 3.08. The van der Waals surface area contributed by atoms with Crippen molar-refractivity contribution >= 4 is 0 Å². The van der Waals surface area contributed by atoms with Gasteiger partial charge in [-0.15, -0.1) is 0 Å². The quantitative estimate of drug-likeness (QED) is 0.888. The molecular formula is C13H13FN2O2. The van der Waals surface area contributed by atoms with Crippen molar-refractivity contribution in [2.75, 3.05) is 13.2 Å². The molecule has 0 aliphatic carbocycles. The third-order valence-corrected chi connectivity index (χ3v) is 2.82. The summed E-state index contributed by atoms with van der Waals surface area (Å²) in [6, 6.07) is 8.08. The summed E-state index contributed by atoms with van der Waals surface area (Å²) in [5.41, 5.74) is 2.39. The van der Waals surface area contributed by atoms with E-state index in [1.807, 2.05) is 6.07 Å². The SMILES string of the molecule is Fc1ccc(-c2cc(C3OCCCO3)[nH]n2)cc1. The molecule has 1 fully saturated rings. The summed E-state index contributed by atoms with van der Waals surface area (Å²) in [5.74, 6) is -0.256. The van der Waals surface area contributed by atoms with Crippen LogP contribution in [0, 0.1) is 5.82 Å². The molecule has 1 aliphatic rings. The lowest BCUT2D eigenvalue weighted by atomic mass is 10.1. The molecule has 1 aromatic heterocycles. The van der Waals surface area contributed by atoms with Gasteiger partial charge in [0.2, 0.25) is 6.29 Å². The highest BCUT2D eigenvalue weighted by Crippen LogP contribution is 2.25. The van der Waals surface area contributed by atoms with Gasteiger partial charge in [-0.25, -0.2) is 4.39 Å². The van der Waals surface area contributed by atoms with E-state index in [0.29, 0.717) is 13.2 Å². The molecule has 2 heterocycles. The maximum Gasteiger partial charge on any atom is 0.200 e. The van der Waals surface area contributed by atoms with E-state index in [4.69, 9.17) is 9.47 Å². The van der Waals surface area contributed by atoms with Gasteiger partial charge in [-0.2, -0.15) is 5.10 Å². The Hall–Kier alpha value is -1.72. The normalized spacial score (nSPS) is 16.9. The van der Waals surface area contributed by atoms with Gasteiger partial charge in [0, 0.05) is 5.56 Å². The zero-order chi connectivity index (χ0) is 12.4. The molecule has 94 valence electrons. The third-order valence-electron chi connectivity index (χ3n) is 2.82. The van der Waals surface area contributed by atoms with Crippen LogP contribution in [0.4, 0.5) is 4.39 Å².